The minimum atomic E-state index is -0.794. The molecule has 0 radical (unpaired) electrons. The monoisotopic (exact) mass is 527 g/mol. The average molecular weight is 528 g/mol. The van der Waals surface area contributed by atoms with Gasteiger partial charge < -0.3 is 29.5 Å². The number of β-amino-alcohol motifs (C(OH)–C–C–N with tert-alkyl or cyclic N) is 1. The lowest BCUT2D eigenvalue weighted by atomic mass is 9.72. The molecule has 0 unspecified atom stereocenters. The number of halogens is 2. The average Bonchev–Trinajstić information content (AvgIpc) is 2.88. The Balaban J connectivity index is 1.19. The molecule has 0 saturated carbocycles. The standard InChI is InChI=1S/C27H31F2N5O4/c1-17-8-23(37-3)25(29)20(24(17)28)12-38-19-10-30-26(31-11-19)32-18-4-5-21(22(9-18)36-2)34-15-27(16-34)13-33(14-27)6-7-35/h4-5,8-11,35H,6-7,12-16H2,1-3H3,(H,30,31,32). The number of nitrogens with zero attached hydrogens (tertiary/aromatic N) is 4. The van der Waals surface area contributed by atoms with E-state index in [1.165, 1.54) is 32.5 Å². The topological polar surface area (TPSA) is 92.2 Å². The summed E-state index contributed by atoms with van der Waals surface area (Å²) in [4.78, 5) is 13.1. The van der Waals surface area contributed by atoms with Gasteiger partial charge in [-0.25, -0.2) is 18.7 Å². The van der Waals surface area contributed by atoms with Crippen LogP contribution in [-0.4, -0.2) is 73.5 Å². The van der Waals surface area contributed by atoms with E-state index in [4.69, 9.17) is 19.3 Å². The summed E-state index contributed by atoms with van der Waals surface area (Å²) < 4.78 is 45.0. The Bertz CT molecular complexity index is 1290. The highest BCUT2D eigenvalue weighted by Crippen LogP contribution is 2.44. The van der Waals surface area contributed by atoms with Crippen molar-refractivity contribution in [3.8, 4) is 17.2 Å². The molecule has 202 valence electrons. The molecule has 2 aliphatic heterocycles. The van der Waals surface area contributed by atoms with Gasteiger partial charge in [0, 0.05) is 49.9 Å². The number of hydrogen-bond acceptors (Lipinski definition) is 9. The summed E-state index contributed by atoms with van der Waals surface area (Å²) in [5, 5.41) is 12.2. The third kappa shape index (κ3) is 5.03. The van der Waals surface area contributed by atoms with Crippen molar-refractivity contribution in [3.05, 3.63) is 59.4 Å². The number of aromatic nitrogens is 2. The van der Waals surface area contributed by atoms with Gasteiger partial charge in [-0.2, -0.15) is 0 Å². The summed E-state index contributed by atoms with van der Waals surface area (Å²) >= 11 is 0. The van der Waals surface area contributed by atoms with Gasteiger partial charge in [-0.15, -0.1) is 0 Å². The van der Waals surface area contributed by atoms with E-state index in [0.717, 1.165) is 49.8 Å². The van der Waals surface area contributed by atoms with Crippen molar-refractivity contribution >= 4 is 17.3 Å². The molecule has 1 aromatic heterocycles. The lowest BCUT2D eigenvalue weighted by molar-refractivity contribution is -0.0293. The maximum atomic E-state index is 14.5. The molecule has 3 aromatic rings. The van der Waals surface area contributed by atoms with Gasteiger partial charge in [0.25, 0.3) is 0 Å². The lowest BCUT2D eigenvalue weighted by Gasteiger charge is -2.61. The van der Waals surface area contributed by atoms with Crippen molar-refractivity contribution in [3.63, 3.8) is 0 Å². The molecule has 9 nitrogen and oxygen atoms in total. The van der Waals surface area contributed by atoms with E-state index in [0.29, 0.717) is 11.4 Å². The number of methoxy groups -OCH3 is 2. The number of ether oxygens (including phenoxy) is 3. The van der Waals surface area contributed by atoms with Crippen LogP contribution in [0, 0.1) is 24.0 Å². The molecule has 11 heteroatoms. The van der Waals surface area contributed by atoms with Gasteiger partial charge in [0.15, 0.2) is 17.3 Å². The molecule has 1 spiro atoms. The number of benzene rings is 2. The van der Waals surface area contributed by atoms with Crippen LogP contribution in [0.2, 0.25) is 0 Å². The number of aryl methyl sites for hydroxylation is 1. The number of rotatable bonds is 10. The molecule has 0 amide bonds. The molecular weight excluding hydrogens is 496 g/mol. The molecule has 5 rings (SSSR count). The van der Waals surface area contributed by atoms with Gasteiger partial charge in [0.05, 0.1) is 44.5 Å². The van der Waals surface area contributed by atoms with E-state index in [-0.39, 0.29) is 35.8 Å². The predicted octanol–water partition coefficient (Wildman–Crippen LogP) is 3.52. The third-order valence-corrected chi connectivity index (χ3v) is 7.03. The number of hydrogen-bond donors (Lipinski definition) is 2. The normalized spacial score (nSPS) is 16.1. The van der Waals surface area contributed by atoms with Crippen LogP contribution < -0.4 is 24.4 Å². The van der Waals surface area contributed by atoms with Gasteiger partial charge in [-0.3, -0.25) is 4.90 Å². The molecule has 0 aliphatic carbocycles. The van der Waals surface area contributed by atoms with Crippen LogP contribution in [0.15, 0.2) is 36.7 Å². The minimum Gasteiger partial charge on any atom is -0.495 e. The van der Waals surface area contributed by atoms with Crippen LogP contribution in [0.1, 0.15) is 11.1 Å². The van der Waals surface area contributed by atoms with Crippen LogP contribution in [0.5, 0.6) is 17.2 Å². The molecule has 2 aliphatic rings. The van der Waals surface area contributed by atoms with Crippen molar-refractivity contribution in [1.82, 2.24) is 14.9 Å². The molecule has 0 bridgehead atoms. The zero-order valence-corrected chi connectivity index (χ0v) is 21.6. The van der Waals surface area contributed by atoms with Gasteiger partial charge in [0.1, 0.15) is 18.2 Å². The third-order valence-electron chi connectivity index (χ3n) is 7.03. The summed E-state index contributed by atoms with van der Waals surface area (Å²) in [6.07, 6.45) is 2.87. The maximum absolute atomic E-state index is 14.5. The van der Waals surface area contributed by atoms with Gasteiger partial charge in [-0.1, -0.05) is 0 Å². The second-order valence-corrected chi connectivity index (χ2v) is 9.84. The highest BCUT2D eigenvalue weighted by molar-refractivity contribution is 5.68. The smallest absolute Gasteiger partial charge is 0.227 e. The highest BCUT2D eigenvalue weighted by Gasteiger charge is 2.51. The quantitative estimate of drug-likeness (QED) is 0.411. The zero-order valence-electron chi connectivity index (χ0n) is 21.6. The van der Waals surface area contributed by atoms with Gasteiger partial charge in [-0.05, 0) is 30.7 Å². The Morgan fingerprint density at radius 1 is 1.00 bits per heavy atom. The molecule has 2 fully saturated rings. The van der Waals surface area contributed by atoms with Crippen molar-refractivity contribution in [2.24, 2.45) is 5.41 Å². The SMILES string of the molecule is COc1cc(Nc2ncc(OCc3c(F)c(C)cc(OC)c3F)cn2)ccc1N1CC2(CN(CCO)C2)C1. The summed E-state index contributed by atoms with van der Waals surface area (Å²) in [6.45, 7) is 6.11. The van der Waals surface area contributed by atoms with E-state index in [9.17, 15) is 8.78 Å². The Hall–Kier alpha value is -3.70. The number of nitrogens with one attached hydrogen (secondary N) is 1. The first-order chi connectivity index (χ1) is 18.3. The van der Waals surface area contributed by atoms with E-state index in [2.05, 4.69) is 25.1 Å². The van der Waals surface area contributed by atoms with E-state index in [1.807, 2.05) is 18.2 Å². The Morgan fingerprint density at radius 3 is 2.37 bits per heavy atom. The first kappa shape index (κ1) is 25.9. The van der Waals surface area contributed by atoms with Crippen molar-refractivity contribution in [2.45, 2.75) is 13.5 Å². The number of aliphatic hydroxyl groups excluding tert-OH is 1. The van der Waals surface area contributed by atoms with Crippen molar-refractivity contribution in [2.75, 3.05) is 63.8 Å². The Morgan fingerprint density at radius 2 is 1.71 bits per heavy atom. The number of anilines is 3. The first-order valence-corrected chi connectivity index (χ1v) is 12.3. The fourth-order valence-corrected chi connectivity index (χ4v) is 5.17. The van der Waals surface area contributed by atoms with Crippen molar-refractivity contribution < 1.29 is 28.1 Å². The molecule has 0 atom stereocenters. The highest BCUT2D eigenvalue weighted by atomic mass is 19.1. The largest absolute Gasteiger partial charge is 0.495 e. The Kier molecular flexibility index (Phi) is 7.22. The Labute approximate surface area is 220 Å². The minimum absolute atomic E-state index is 0.0407. The number of likely N-dealkylation sites (tertiary alicyclic amines) is 1. The second-order valence-electron chi connectivity index (χ2n) is 9.84. The van der Waals surface area contributed by atoms with Crippen LogP contribution in [0.25, 0.3) is 0 Å². The number of aliphatic hydroxyl groups is 1. The van der Waals surface area contributed by atoms with E-state index in [1.54, 1.807) is 7.11 Å². The zero-order chi connectivity index (χ0) is 26.9. The molecule has 2 N–H and O–H groups in total. The summed E-state index contributed by atoms with van der Waals surface area (Å²) in [6, 6.07) is 7.14. The summed E-state index contributed by atoms with van der Waals surface area (Å²) in [7, 11) is 2.97. The summed E-state index contributed by atoms with van der Waals surface area (Å²) in [5.41, 5.74) is 2.14. The maximum Gasteiger partial charge on any atom is 0.227 e. The lowest BCUT2D eigenvalue weighted by Crippen LogP contribution is -2.72. The van der Waals surface area contributed by atoms with Crippen molar-refractivity contribution in [1.29, 1.82) is 0 Å². The van der Waals surface area contributed by atoms with Crippen LogP contribution in [0.3, 0.4) is 0 Å². The molecule has 2 aromatic carbocycles. The van der Waals surface area contributed by atoms with Crippen LogP contribution in [0.4, 0.5) is 26.1 Å². The molecule has 3 heterocycles. The summed E-state index contributed by atoms with van der Waals surface area (Å²) in [5.74, 6) is -0.164. The van der Waals surface area contributed by atoms with E-state index >= 15 is 0 Å². The molecule has 38 heavy (non-hydrogen) atoms. The fraction of sp³-hybridized carbons (Fsp3) is 0.407. The van der Waals surface area contributed by atoms with Gasteiger partial charge in [0.2, 0.25) is 5.95 Å². The predicted molar refractivity (Wildman–Crippen MR) is 138 cm³/mol. The second kappa shape index (κ2) is 10.6. The van der Waals surface area contributed by atoms with Gasteiger partial charge >= 0.3 is 0 Å². The van der Waals surface area contributed by atoms with Crippen LogP contribution >= 0.6 is 0 Å². The molecule has 2 saturated heterocycles. The van der Waals surface area contributed by atoms with Crippen LogP contribution in [-0.2, 0) is 6.61 Å². The molecular formula is C27H31F2N5O4. The fourth-order valence-electron chi connectivity index (χ4n) is 5.17. The van der Waals surface area contributed by atoms with E-state index < -0.39 is 11.6 Å². The first-order valence-electron chi connectivity index (χ1n) is 12.3.